The zero-order valence-electron chi connectivity index (χ0n) is 14.5. The molecule has 1 fully saturated rings. The van der Waals surface area contributed by atoms with Crippen LogP contribution < -0.4 is 5.32 Å². The van der Waals surface area contributed by atoms with E-state index >= 15 is 0 Å². The van der Waals surface area contributed by atoms with Crippen molar-refractivity contribution in [3.8, 4) is 0 Å². The Morgan fingerprint density at radius 2 is 1.64 bits per heavy atom. The second-order valence-corrected chi connectivity index (χ2v) is 6.54. The molecule has 0 saturated carbocycles. The fourth-order valence-corrected chi connectivity index (χ4v) is 3.01. The van der Waals surface area contributed by atoms with Gasteiger partial charge in [-0.15, -0.1) is 0 Å². The molecular formula is C20H24FN3O. The Morgan fingerprint density at radius 3 is 2.32 bits per heavy atom. The summed E-state index contributed by atoms with van der Waals surface area (Å²) in [5.74, 6) is -0.525. The summed E-state index contributed by atoms with van der Waals surface area (Å²) >= 11 is 0. The van der Waals surface area contributed by atoms with Gasteiger partial charge in [-0.05, 0) is 42.4 Å². The maximum atomic E-state index is 13.0. The molecule has 1 N–H and O–H groups in total. The van der Waals surface area contributed by atoms with Gasteiger partial charge in [0.05, 0.1) is 0 Å². The minimum atomic E-state index is -0.339. The highest BCUT2D eigenvalue weighted by Gasteiger charge is 2.15. The van der Waals surface area contributed by atoms with Crippen LogP contribution in [0.25, 0.3) is 0 Å². The number of halogens is 1. The number of piperazine rings is 1. The number of carbonyl (C=O) groups is 1. The van der Waals surface area contributed by atoms with Crippen molar-refractivity contribution in [2.75, 3.05) is 33.2 Å². The average Bonchev–Trinajstić information content (AvgIpc) is 2.63. The third-order valence-corrected chi connectivity index (χ3v) is 4.65. The molecule has 0 aromatic heterocycles. The number of amides is 1. The lowest BCUT2D eigenvalue weighted by Crippen LogP contribution is -2.44. The highest BCUT2D eigenvalue weighted by atomic mass is 19.1. The predicted molar refractivity (Wildman–Crippen MR) is 96.8 cm³/mol. The monoisotopic (exact) mass is 341 g/mol. The van der Waals surface area contributed by atoms with E-state index < -0.39 is 0 Å². The minimum Gasteiger partial charge on any atom is -0.348 e. The van der Waals surface area contributed by atoms with Crippen LogP contribution in [0.3, 0.4) is 0 Å². The Balaban J connectivity index is 1.60. The number of hydrogen-bond donors (Lipinski definition) is 1. The number of carbonyl (C=O) groups excluding carboxylic acids is 1. The normalized spacial score (nSPS) is 15.9. The molecule has 1 saturated heterocycles. The lowest BCUT2D eigenvalue weighted by molar-refractivity contribution is 0.0950. The van der Waals surface area contributed by atoms with Crippen molar-refractivity contribution >= 4 is 5.91 Å². The number of rotatable bonds is 5. The molecular weight excluding hydrogens is 317 g/mol. The van der Waals surface area contributed by atoms with Crippen molar-refractivity contribution in [1.29, 1.82) is 0 Å². The summed E-state index contributed by atoms with van der Waals surface area (Å²) in [4.78, 5) is 17.0. The maximum absolute atomic E-state index is 13.0. The Labute approximate surface area is 148 Å². The summed E-state index contributed by atoms with van der Waals surface area (Å²) in [6, 6.07) is 13.8. The largest absolute Gasteiger partial charge is 0.348 e. The fraction of sp³-hybridized carbons (Fsp3) is 0.350. The van der Waals surface area contributed by atoms with Crippen LogP contribution in [0.1, 0.15) is 21.5 Å². The van der Waals surface area contributed by atoms with Crippen LogP contribution in [0.15, 0.2) is 48.5 Å². The first-order valence-corrected chi connectivity index (χ1v) is 8.63. The maximum Gasteiger partial charge on any atom is 0.251 e. The molecule has 1 aliphatic rings. The van der Waals surface area contributed by atoms with Gasteiger partial charge in [0.15, 0.2) is 0 Å². The first-order chi connectivity index (χ1) is 12.1. The molecule has 0 bridgehead atoms. The Hall–Kier alpha value is -2.24. The number of benzene rings is 2. The van der Waals surface area contributed by atoms with Crippen LogP contribution in [0.4, 0.5) is 4.39 Å². The van der Waals surface area contributed by atoms with Gasteiger partial charge in [-0.25, -0.2) is 4.39 Å². The molecule has 0 aliphatic carbocycles. The summed E-state index contributed by atoms with van der Waals surface area (Å²) in [6.45, 7) is 5.67. The van der Waals surface area contributed by atoms with E-state index in [0.717, 1.165) is 38.3 Å². The SMILES string of the molecule is CN1CCN(Cc2ccccc2CNC(=O)c2ccc(F)cc2)CC1. The summed E-state index contributed by atoms with van der Waals surface area (Å²) in [6.07, 6.45) is 0. The standard InChI is InChI=1S/C20H24FN3O/c1-23-10-12-24(13-11-23)15-18-5-3-2-4-17(18)14-22-20(25)16-6-8-19(21)9-7-16/h2-9H,10-15H2,1H3,(H,22,25). The highest BCUT2D eigenvalue weighted by molar-refractivity contribution is 5.94. The number of nitrogens with zero attached hydrogens (tertiary/aromatic N) is 2. The van der Waals surface area contributed by atoms with Crippen molar-refractivity contribution < 1.29 is 9.18 Å². The second-order valence-electron chi connectivity index (χ2n) is 6.54. The van der Waals surface area contributed by atoms with Gasteiger partial charge in [-0.1, -0.05) is 24.3 Å². The zero-order chi connectivity index (χ0) is 17.6. The molecule has 0 atom stereocenters. The summed E-state index contributed by atoms with van der Waals surface area (Å²) < 4.78 is 13.0. The van der Waals surface area contributed by atoms with Gasteiger partial charge in [0.1, 0.15) is 5.82 Å². The fourth-order valence-electron chi connectivity index (χ4n) is 3.01. The molecule has 0 radical (unpaired) electrons. The number of nitrogens with one attached hydrogen (secondary N) is 1. The van der Waals surface area contributed by atoms with Crippen LogP contribution >= 0.6 is 0 Å². The second kappa shape index (κ2) is 8.23. The third-order valence-electron chi connectivity index (χ3n) is 4.65. The quantitative estimate of drug-likeness (QED) is 0.908. The van der Waals surface area contributed by atoms with Crippen molar-refractivity contribution in [2.24, 2.45) is 0 Å². The van der Waals surface area contributed by atoms with E-state index in [1.165, 1.54) is 29.8 Å². The molecule has 2 aromatic carbocycles. The predicted octanol–water partition coefficient (Wildman–Crippen LogP) is 2.50. The highest BCUT2D eigenvalue weighted by Crippen LogP contribution is 2.13. The number of likely N-dealkylation sites (N-methyl/N-ethyl adjacent to an activating group) is 1. The van der Waals surface area contributed by atoms with Gasteiger partial charge in [0.25, 0.3) is 5.91 Å². The molecule has 2 aromatic rings. The van der Waals surface area contributed by atoms with Crippen LogP contribution in [-0.4, -0.2) is 48.9 Å². The molecule has 0 spiro atoms. The first kappa shape index (κ1) is 17.6. The van der Waals surface area contributed by atoms with Gasteiger partial charge in [-0.2, -0.15) is 0 Å². The molecule has 0 unspecified atom stereocenters. The zero-order valence-corrected chi connectivity index (χ0v) is 14.5. The van der Waals surface area contributed by atoms with E-state index in [1.807, 2.05) is 12.1 Å². The van der Waals surface area contributed by atoms with Crippen LogP contribution in [0.5, 0.6) is 0 Å². The lowest BCUT2D eigenvalue weighted by atomic mass is 10.1. The van der Waals surface area contributed by atoms with Crippen molar-refractivity contribution in [2.45, 2.75) is 13.1 Å². The van der Waals surface area contributed by atoms with Gasteiger partial charge in [-0.3, -0.25) is 9.69 Å². The molecule has 1 heterocycles. The average molecular weight is 341 g/mol. The molecule has 5 heteroatoms. The molecule has 4 nitrogen and oxygen atoms in total. The topological polar surface area (TPSA) is 35.6 Å². The van der Waals surface area contributed by atoms with E-state index in [4.69, 9.17) is 0 Å². The van der Waals surface area contributed by atoms with Crippen LogP contribution in [-0.2, 0) is 13.1 Å². The summed E-state index contributed by atoms with van der Waals surface area (Å²) in [7, 11) is 2.15. The van der Waals surface area contributed by atoms with E-state index in [0.29, 0.717) is 12.1 Å². The third kappa shape index (κ3) is 4.87. The van der Waals surface area contributed by atoms with Crippen molar-refractivity contribution in [1.82, 2.24) is 15.1 Å². The Bertz CT molecular complexity index is 709. The van der Waals surface area contributed by atoms with Gasteiger partial charge in [0, 0.05) is 44.8 Å². The molecule has 3 rings (SSSR count). The number of hydrogen-bond acceptors (Lipinski definition) is 3. The Kier molecular flexibility index (Phi) is 5.79. The summed E-state index contributed by atoms with van der Waals surface area (Å²) in [5.41, 5.74) is 2.83. The van der Waals surface area contributed by atoms with E-state index in [9.17, 15) is 9.18 Å². The van der Waals surface area contributed by atoms with Crippen molar-refractivity contribution in [3.63, 3.8) is 0 Å². The van der Waals surface area contributed by atoms with E-state index in [1.54, 1.807) is 0 Å². The minimum absolute atomic E-state index is 0.186. The molecule has 1 amide bonds. The van der Waals surface area contributed by atoms with Crippen LogP contribution in [0.2, 0.25) is 0 Å². The molecule has 25 heavy (non-hydrogen) atoms. The van der Waals surface area contributed by atoms with E-state index in [2.05, 4.69) is 34.3 Å². The Morgan fingerprint density at radius 1 is 1.00 bits per heavy atom. The molecule has 1 aliphatic heterocycles. The van der Waals surface area contributed by atoms with E-state index in [-0.39, 0.29) is 11.7 Å². The van der Waals surface area contributed by atoms with Gasteiger partial charge in [0.2, 0.25) is 0 Å². The van der Waals surface area contributed by atoms with Gasteiger partial charge >= 0.3 is 0 Å². The first-order valence-electron chi connectivity index (χ1n) is 8.63. The lowest BCUT2D eigenvalue weighted by Gasteiger charge is -2.32. The van der Waals surface area contributed by atoms with Crippen molar-refractivity contribution in [3.05, 3.63) is 71.0 Å². The van der Waals surface area contributed by atoms with Crippen LogP contribution in [0, 0.1) is 5.82 Å². The smallest absolute Gasteiger partial charge is 0.251 e. The molecule has 132 valence electrons. The van der Waals surface area contributed by atoms with Gasteiger partial charge < -0.3 is 10.2 Å². The summed E-state index contributed by atoms with van der Waals surface area (Å²) in [5, 5.41) is 2.93.